The number of amides is 1. The molecule has 1 saturated carbocycles. The molecule has 1 saturated heterocycles. The van der Waals surface area contributed by atoms with Crippen LogP contribution in [0, 0.1) is 0 Å². The molecule has 0 aromatic carbocycles. The Morgan fingerprint density at radius 3 is 2.94 bits per heavy atom. The van der Waals surface area contributed by atoms with Crippen LogP contribution in [0.5, 0.6) is 0 Å². The number of nitrogens with zero attached hydrogens (tertiary/aromatic N) is 1. The zero-order valence-corrected chi connectivity index (χ0v) is 10.5. The van der Waals surface area contributed by atoms with Gasteiger partial charge in [0, 0.05) is 31.2 Å². The first-order chi connectivity index (χ1) is 8.16. The fraction of sp³-hybridized carbons (Fsp3) is 0.917. The summed E-state index contributed by atoms with van der Waals surface area (Å²) in [6, 6.07) is 2.12. The van der Waals surface area contributed by atoms with E-state index >= 15 is 0 Å². The monoisotopic (exact) mass is 241 g/mol. The van der Waals surface area contributed by atoms with Gasteiger partial charge in [-0.15, -0.1) is 0 Å². The van der Waals surface area contributed by atoms with E-state index < -0.39 is 5.91 Å². The van der Waals surface area contributed by atoms with Gasteiger partial charge in [0.1, 0.15) is 6.61 Å². The van der Waals surface area contributed by atoms with Crippen LogP contribution in [0.4, 0.5) is 0 Å². The number of primary amides is 1. The molecule has 17 heavy (non-hydrogen) atoms. The molecular weight excluding hydrogens is 218 g/mol. The van der Waals surface area contributed by atoms with E-state index in [0.29, 0.717) is 18.7 Å². The lowest BCUT2D eigenvalue weighted by Crippen LogP contribution is -2.36. The molecule has 98 valence electrons. The summed E-state index contributed by atoms with van der Waals surface area (Å²) >= 11 is 0. The van der Waals surface area contributed by atoms with Crippen molar-refractivity contribution in [2.75, 3.05) is 26.3 Å². The summed E-state index contributed by atoms with van der Waals surface area (Å²) in [5.41, 5.74) is 4.98. The molecule has 1 aliphatic heterocycles. The van der Waals surface area contributed by atoms with Crippen LogP contribution in [-0.4, -0.2) is 55.2 Å². The first kappa shape index (κ1) is 12.8. The number of hydrogen-bond acceptors (Lipinski definition) is 4. The van der Waals surface area contributed by atoms with Gasteiger partial charge in [0.05, 0.1) is 6.61 Å². The van der Waals surface area contributed by atoms with Crippen LogP contribution in [0.15, 0.2) is 0 Å². The maximum atomic E-state index is 10.5. The fourth-order valence-electron chi connectivity index (χ4n) is 2.63. The summed E-state index contributed by atoms with van der Waals surface area (Å²) in [5, 5.41) is 3.48. The van der Waals surface area contributed by atoms with Crippen molar-refractivity contribution in [2.24, 2.45) is 5.73 Å². The molecule has 0 radical (unpaired) electrons. The Bertz CT molecular complexity index is 268. The number of rotatable bonds is 7. The van der Waals surface area contributed by atoms with Crippen LogP contribution in [0.25, 0.3) is 0 Å². The van der Waals surface area contributed by atoms with Crippen LogP contribution in [0.2, 0.25) is 0 Å². The summed E-state index contributed by atoms with van der Waals surface area (Å²) in [7, 11) is 0. The number of likely N-dealkylation sites (tertiary alicyclic amines) is 1. The first-order valence-electron chi connectivity index (χ1n) is 6.52. The van der Waals surface area contributed by atoms with E-state index in [1.165, 1.54) is 19.3 Å². The molecule has 0 aromatic heterocycles. The quantitative estimate of drug-likeness (QED) is 0.601. The Labute approximate surface area is 103 Å². The highest BCUT2D eigenvalue weighted by Crippen LogP contribution is 2.33. The van der Waals surface area contributed by atoms with Crippen molar-refractivity contribution in [1.29, 1.82) is 0 Å². The van der Waals surface area contributed by atoms with Crippen LogP contribution in [0.3, 0.4) is 0 Å². The molecule has 1 aliphatic carbocycles. The minimum atomic E-state index is -0.403. The SMILES string of the molecule is CC1CC(NCCOCC(N)=O)CN1C1CC1. The molecule has 2 atom stereocenters. The van der Waals surface area contributed by atoms with Crippen molar-refractivity contribution in [1.82, 2.24) is 10.2 Å². The van der Waals surface area contributed by atoms with Gasteiger partial charge in [0.2, 0.25) is 5.91 Å². The van der Waals surface area contributed by atoms with Crippen LogP contribution in [-0.2, 0) is 9.53 Å². The Hall–Kier alpha value is -0.650. The first-order valence-corrected chi connectivity index (χ1v) is 6.52. The van der Waals surface area contributed by atoms with Crippen LogP contribution < -0.4 is 11.1 Å². The number of ether oxygens (including phenoxy) is 1. The lowest BCUT2D eigenvalue weighted by molar-refractivity contribution is -0.122. The minimum absolute atomic E-state index is 0.0248. The molecule has 0 aromatic rings. The average molecular weight is 241 g/mol. The zero-order valence-electron chi connectivity index (χ0n) is 10.5. The van der Waals surface area contributed by atoms with Gasteiger partial charge >= 0.3 is 0 Å². The average Bonchev–Trinajstić information content (AvgIpc) is 3.03. The van der Waals surface area contributed by atoms with Gasteiger partial charge in [-0.05, 0) is 26.2 Å². The van der Waals surface area contributed by atoms with Gasteiger partial charge in [-0.1, -0.05) is 0 Å². The van der Waals surface area contributed by atoms with Crippen molar-refractivity contribution in [3.63, 3.8) is 0 Å². The Morgan fingerprint density at radius 1 is 1.53 bits per heavy atom. The van der Waals surface area contributed by atoms with Crippen LogP contribution in [0.1, 0.15) is 26.2 Å². The van der Waals surface area contributed by atoms with Gasteiger partial charge in [-0.3, -0.25) is 9.69 Å². The summed E-state index contributed by atoms with van der Waals surface area (Å²) < 4.78 is 5.12. The number of carbonyl (C=O) groups is 1. The third-order valence-electron chi connectivity index (χ3n) is 3.56. The van der Waals surface area contributed by atoms with Gasteiger partial charge < -0.3 is 15.8 Å². The van der Waals surface area contributed by atoms with Gasteiger partial charge in [0.15, 0.2) is 0 Å². The molecule has 1 amide bonds. The predicted octanol–water partition coefficient (Wildman–Crippen LogP) is -0.297. The second-order valence-corrected chi connectivity index (χ2v) is 5.18. The van der Waals surface area contributed by atoms with E-state index in [-0.39, 0.29) is 6.61 Å². The molecule has 2 rings (SSSR count). The van der Waals surface area contributed by atoms with Gasteiger partial charge in [-0.2, -0.15) is 0 Å². The third-order valence-corrected chi connectivity index (χ3v) is 3.56. The Balaban J connectivity index is 1.56. The topological polar surface area (TPSA) is 67.6 Å². The Kier molecular flexibility index (Phi) is 4.36. The zero-order chi connectivity index (χ0) is 12.3. The molecule has 5 heteroatoms. The highest BCUT2D eigenvalue weighted by molar-refractivity contribution is 5.74. The third kappa shape index (κ3) is 3.94. The lowest BCUT2D eigenvalue weighted by atomic mass is 10.2. The smallest absolute Gasteiger partial charge is 0.243 e. The maximum Gasteiger partial charge on any atom is 0.243 e. The number of nitrogens with one attached hydrogen (secondary N) is 1. The van der Waals surface area contributed by atoms with E-state index in [9.17, 15) is 4.79 Å². The highest BCUT2D eigenvalue weighted by atomic mass is 16.5. The molecule has 0 spiro atoms. The van der Waals surface area contributed by atoms with Crippen molar-refractivity contribution < 1.29 is 9.53 Å². The second-order valence-electron chi connectivity index (χ2n) is 5.18. The number of nitrogens with two attached hydrogens (primary N) is 1. The van der Waals surface area contributed by atoms with E-state index in [1.54, 1.807) is 0 Å². The highest BCUT2D eigenvalue weighted by Gasteiger charge is 2.38. The second kappa shape index (κ2) is 5.80. The minimum Gasteiger partial charge on any atom is -0.370 e. The van der Waals surface area contributed by atoms with Crippen molar-refractivity contribution in [3.8, 4) is 0 Å². The lowest BCUT2D eigenvalue weighted by Gasteiger charge is -2.19. The molecule has 2 fully saturated rings. The molecular formula is C12H23N3O2. The van der Waals surface area contributed by atoms with Gasteiger partial charge in [-0.25, -0.2) is 0 Å². The summed E-state index contributed by atoms with van der Waals surface area (Å²) in [4.78, 5) is 13.1. The molecule has 0 bridgehead atoms. The Morgan fingerprint density at radius 2 is 2.29 bits per heavy atom. The van der Waals surface area contributed by atoms with E-state index in [2.05, 4.69) is 17.1 Å². The van der Waals surface area contributed by atoms with Crippen molar-refractivity contribution in [2.45, 2.75) is 44.3 Å². The van der Waals surface area contributed by atoms with E-state index in [1.807, 2.05) is 0 Å². The standard InChI is InChI=1S/C12H23N3O2/c1-9-6-10(7-15(9)11-2-3-11)14-4-5-17-8-12(13)16/h9-11,14H,2-8H2,1H3,(H2,13,16). The molecule has 2 aliphatic rings. The maximum absolute atomic E-state index is 10.5. The van der Waals surface area contributed by atoms with E-state index in [4.69, 9.17) is 10.5 Å². The molecule has 1 heterocycles. The largest absolute Gasteiger partial charge is 0.370 e. The number of carbonyl (C=O) groups excluding carboxylic acids is 1. The van der Waals surface area contributed by atoms with Gasteiger partial charge in [0.25, 0.3) is 0 Å². The fourth-order valence-corrected chi connectivity index (χ4v) is 2.63. The summed E-state index contributed by atoms with van der Waals surface area (Å²) in [6.45, 7) is 4.84. The summed E-state index contributed by atoms with van der Waals surface area (Å²) in [5.74, 6) is -0.403. The normalized spacial score (nSPS) is 29.7. The summed E-state index contributed by atoms with van der Waals surface area (Å²) in [6.07, 6.45) is 3.96. The number of hydrogen-bond donors (Lipinski definition) is 2. The molecule has 5 nitrogen and oxygen atoms in total. The van der Waals surface area contributed by atoms with Crippen LogP contribution >= 0.6 is 0 Å². The van der Waals surface area contributed by atoms with Crippen molar-refractivity contribution >= 4 is 5.91 Å². The molecule has 2 unspecified atom stereocenters. The predicted molar refractivity (Wildman–Crippen MR) is 65.6 cm³/mol. The molecule has 3 N–H and O–H groups in total. The van der Waals surface area contributed by atoms with E-state index in [0.717, 1.165) is 19.1 Å². The van der Waals surface area contributed by atoms with Crippen molar-refractivity contribution in [3.05, 3.63) is 0 Å².